The molecular weight excluding hydrogens is 353 g/mol. The minimum absolute atomic E-state index is 0. The van der Waals surface area contributed by atoms with Gasteiger partial charge in [-0.3, -0.25) is 10.1 Å². The predicted molar refractivity (Wildman–Crippen MR) is 86.1 cm³/mol. The van der Waals surface area contributed by atoms with Crippen molar-refractivity contribution >= 4 is 39.7 Å². The van der Waals surface area contributed by atoms with Gasteiger partial charge in [0, 0.05) is 30.8 Å². The Morgan fingerprint density at radius 1 is 1.45 bits per heavy atom. The maximum absolute atomic E-state index is 12.6. The predicted octanol–water partition coefficient (Wildman–Crippen LogP) is 2.09. The lowest BCUT2D eigenvalue weighted by Gasteiger charge is -2.29. The summed E-state index contributed by atoms with van der Waals surface area (Å²) in [6.07, 6.45) is 1.43. The zero-order valence-electron chi connectivity index (χ0n) is 11.9. The minimum Gasteiger partial charge on any atom is -0.327 e. The summed E-state index contributed by atoms with van der Waals surface area (Å²) < 4.78 is 26.4. The number of benzene rings is 1. The number of nitrogens with zero attached hydrogens (tertiary/aromatic N) is 2. The third kappa shape index (κ3) is 3.69. The summed E-state index contributed by atoms with van der Waals surface area (Å²) in [7, 11) is -3.83. The fraction of sp³-hybridized carbons (Fsp3) is 0.500. The fourth-order valence-electron chi connectivity index (χ4n) is 2.32. The van der Waals surface area contributed by atoms with Crippen LogP contribution in [0.5, 0.6) is 0 Å². The summed E-state index contributed by atoms with van der Waals surface area (Å²) >= 11 is 5.92. The summed E-state index contributed by atoms with van der Waals surface area (Å²) in [6, 6.07) is 2.08. The molecule has 124 valence electrons. The van der Waals surface area contributed by atoms with Crippen LogP contribution in [-0.4, -0.2) is 36.8 Å². The summed E-state index contributed by atoms with van der Waals surface area (Å²) in [5, 5.41) is 11.1. The average Bonchev–Trinajstić information content (AvgIpc) is 2.41. The zero-order chi connectivity index (χ0) is 15.8. The highest BCUT2D eigenvalue weighted by Crippen LogP contribution is 2.31. The van der Waals surface area contributed by atoms with E-state index >= 15 is 0 Å². The molecule has 2 rings (SSSR count). The number of hydrogen-bond acceptors (Lipinski definition) is 5. The van der Waals surface area contributed by atoms with Crippen LogP contribution in [0.2, 0.25) is 5.02 Å². The van der Waals surface area contributed by atoms with Crippen molar-refractivity contribution in [3.05, 3.63) is 32.8 Å². The van der Waals surface area contributed by atoms with E-state index in [1.54, 1.807) is 0 Å². The van der Waals surface area contributed by atoms with Crippen molar-refractivity contribution in [1.82, 2.24) is 4.31 Å². The highest BCUT2D eigenvalue weighted by Gasteiger charge is 2.31. The Bertz CT molecular complexity index is 681. The number of piperidine rings is 1. The second kappa shape index (κ2) is 7.10. The molecule has 0 bridgehead atoms. The molecular formula is C12H17Cl2N3O4S. The van der Waals surface area contributed by atoms with Crippen molar-refractivity contribution in [1.29, 1.82) is 0 Å². The number of nitrogens with two attached hydrogens (primary N) is 1. The van der Waals surface area contributed by atoms with E-state index in [0.717, 1.165) is 12.5 Å². The molecule has 0 radical (unpaired) electrons. The molecule has 1 aromatic rings. The van der Waals surface area contributed by atoms with Crippen LogP contribution in [0.4, 0.5) is 5.69 Å². The van der Waals surface area contributed by atoms with Crippen LogP contribution >= 0.6 is 24.0 Å². The van der Waals surface area contributed by atoms with Crippen molar-refractivity contribution < 1.29 is 13.3 Å². The van der Waals surface area contributed by atoms with Gasteiger partial charge in [0.2, 0.25) is 10.0 Å². The number of halogens is 2. The van der Waals surface area contributed by atoms with Gasteiger partial charge in [-0.1, -0.05) is 11.6 Å². The van der Waals surface area contributed by atoms with Gasteiger partial charge in [-0.25, -0.2) is 8.42 Å². The van der Waals surface area contributed by atoms with E-state index < -0.39 is 14.9 Å². The largest absolute Gasteiger partial charge is 0.327 e. The zero-order valence-corrected chi connectivity index (χ0v) is 14.2. The highest BCUT2D eigenvalue weighted by atomic mass is 35.5. The SMILES string of the molecule is Cc1c(Cl)cc(S(=O)(=O)N2CCCC(N)C2)cc1[N+](=O)[O-].Cl. The van der Waals surface area contributed by atoms with Crippen LogP contribution in [0, 0.1) is 17.0 Å². The molecule has 0 amide bonds. The summed E-state index contributed by atoms with van der Waals surface area (Å²) in [4.78, 5) is 10.2. The van der Waals surface area contributed by atoms with Gasteiger partial charge in [-0.15, -0.1) is 12.4 Å². The van der Waals surface area contributed by atoms with Gasteiger partial charge >= 0.3 is 0 Å². The lowest BCUT2D eigenvalue weighted by molar-refractivity contribution is -0.385. The smallest absolute Gasteiger partial charge is 0.275 e. The molecule has 1 fully saturated rings. The number of nitro groups is 1. The Morgan fingerprint density at radius 3 is 2.64 bits per heavy atom. The molecule has 1 unspecified atom stereocenters. The third-order valence-electron chi connectivity index (χ3n) is 3.55. The molecule has 22 heavy (non-hydrogen) atoms. The van der Waals surface area contributed by atoms with E-state index in [1.807, 2.05) is 0 Å². The van der Waals surface area contributed by atoms with Crippen LogP contribution in [0.3, 0.4) is 0 Å². The molecule has 1 aliphatic rings. The van der Waals surface area contributed by atoms with Crippen molar-refractivity contribution in [2.75, 3.05) is 13.1 Å². The van der Waals surface area contributed by atoms with E-state index in [-0.39, 0.29) is 46.2 Å². The average molecular weight is 370 g/mol. The number of sulfonamides is 1. The standard InChI is InChI=1S/C12H16ClN3O4S.ClH/c1-8-11(13)5-10(6-12(8)16(17)18)21(19,20)15-4-2-3-9(14)7-15;/h5-6,9H,2-4,7,14H2,1H3;1H. The molecule has 1 heterocycles. The molecule has 0 saturated carbocycles. The molecule has 10 heteroatoms. The lowest BCUT2D eigenvalue weighted by Crippen LogP contribution is -2.45. The monoisotopic (exact) mass is 369 g/mol. The topological polar surface area (TPSA) is 107 Å². The Kier molecular flexibility index (Phi) is 6.17. The van der Waals surface area contributed by atoms with E-state index in [2.05, 4.69) is 0 Å². The summed E-state index contributed by atoms with van der Waals surface area (Å²) in [6.45, 7) is 2.05. The van der Waals surface area contributed by atoms with Crippen molar-refractivity contribution in [2.45, 2.75) is 30.7 Å². The molecule has 1 atom stereocenters. The first-order valence-corrected chi connectivity index (χ1v) is 8.25. The van der Waals surface area contributed by atoms with Gasteiger partial charge in [0.15, 0.2) is 0 Å². The van der Waals surface area contributed by atoms with Gasteiger partial charge in [-0.05, 0) is 25.8 Å². The summed E-state index contributed by atoms with van der Waals surface area (Å²) in [5.74, 6) is 0. The molecule has 0 aliphatic carbocycles. The normalized spacial score (nSPS) is 19.5. The number of hydrogen-bond donors (Lipinski definition) is 1. The van der Waals surface area contributed by atoms with Crippen LogP contribution in [0.25, 0.3) is 0 Å². The Hall–Kier alpha value is -0.930. The van der Waals surface area contributed by atoms with Crippen molar-refractivity contribution in [2.24, 2.45) is 5.73 Å². The van der Waals surface area contributed by atoms with Crippen LogP contribution in [0.15, 0.2) is 17.0 Å². The molecule has 2 N–H and O–H groups in total. The van der Waals surface area contributed by atoms with Crippen LogP contribution in [0.1, 0.15) is 18.4 Å². The van der Waals surface area contributed by atoms with Gasteiger partial charge in [0.1, 0.15) is 0 Å². The molecule has 7 nitrogen and oxygen atoms in total. The number of rotatable bonds is 3. The Balaban J connectivity index is 0.00000242. The van der Waals surface area contributed by atoms with Crippen LogP contribution < -0.4 is 5.73 Å². The van der Waals surface area contributed by atoms with E-state index in [9.17, 15) is 18.5 Å². The van der Waals surface area contributed by atoms with Crippen molar-refractivity contribution in [3.8, 4) is 0 Å². The first-order valence-electron chi connectivity index (χ1n) is 6.43. The summed E-state index contributed by atoms with van der Waals surface area (Å²) in [5.41, 5.74) is 5.73. The first kappa shape index (κ1) is 19.1. The van der Waals surface area contributed by atoms with Gasteiger partial charge in [0.25, 0.3) is 5.69 Å². The molecule has 1 aliphatic heterocycles. The van der Waals surface area contributed by atoms with Gasteiger partial charge in [-0.2, -0.15) is 4.31 Å². The quantitative estimate of drug-likeness (QED) is 0.648. The van der Waals surface area contributed by atoms with Crippen molar-refractivity contribution in [3.63, 3.8) is 0 Å². The highest BCUT2D eigenvalue weighted by molar-refractivity contribution is 7.89. The maximum Gasteiger partial charge on any atom is 0.275 e. The Labute approximate surface area is 140 Å². The second-order valence-electron chi connectivity index (χ2n) is 5.07. The lowest BCUT2D eigenvalue weighted by atomic mass is 10.1. The molecule has 0 spiro atoms. The second-order valence-corrected chi connectivity index (χ2v) is 7.42. The van der Waals surface area contributed by atoms with Gasteiger partial charge in [0.05, 0.1) is 14.8 Å². The van der Waals surface area contributed by atoms with E-state index in [0.29, 0.717) is 13.0 Å². The number of nitro benzene ring substituents is 1. The van der Waals surface area contributed by atoms with Crippen LogP contribution in [-0.2, 0) is 10.0 Å². The first-order chi connectivity index (χ1) is 9.73. The molecule has 1 saturated heterocycles. The van der Waals surface area contributed by atoms with Gasteiger partial charge < -0.3 is 5.73 Å². The third-order valence-corrected chi connectivity index (χ3v) is 5.78. The maximum atomic E-state index is 12.6. The Morgan fingerprint density at radius 2 is 2.09 bits per heavy atom. The molecule has 1 aromatic carbocycles. The molecule has 0 aromatic heterocycles. The minimum atomic E-state index is -3.83. The van der Waals surface area contributed by atoms with E-state index in [1.165, 1.54) is 17.3 Å². The van der Waals surface area contributed by atoms with E-state index in [4.69, 9.17) is 17.3 Å². The fourth-order valence-corrected chi connectivity index (χ4v) is 4.18.